The fraction of sp³-hybridized carbons (Fsp3) is 0.467. The highest BCUT2D eigenvalue weighted by atomic mass is 16.5. The minimum atomic E-state index is 0.176. The van der Waals surface area contributed by atoms with Crippen LogP contribution in [-0.4, -0.2) is 12.6 Å². The third kappa shape index (κ3) is 2.28. The molecule has 2 aliphatic rings. The quantitative estimate of drug-likeness (QED) is 0.631. The minimum Gasteiger partial charge on any atom is -0.497 e. The van der Waals surface area contributed by atoms with Crippen LogP contribution < -0.4 is 11.3 Å². The van der Waals surface area contributed by atoms with Crippen LogP contribution in [0.3, 0.4) is 0 Å². The fourth-order valence-electron chi connectivity index (χ4n) is 2.88. The van der Waals surface area contributed by atoms with Gasteiger partial charge in [0.05, 0.1) is 12.6 Å². The molecule has 96 valence electrons. The van der Waals surface area contributed by atoms with Gasteiger partial charge in [0, 0.05) is 0 Å². The van der Waals surface area contributed by atoms with E-state index < -0.39 is 0 Å². The first-order valence-corrected chi connectivity index (χ1v) is 6.74. The molecule has 3 heteroatoms. The molecule has 0 radical (unpaired) electrons. The third-order valence-corrected chi connectivity index (χ3v) is 3.94. The fourth-order valence-corrected chi connectivity index (χ4v) is 2.88. The van der Waals surface area contributed by atoms with E-state index in [4.69, 9.17) is 10.6 Å². The summed E-state index contributed by atoms with van der Waals surface area (Å²) in [6.07, 6.45) is 5.61. The van der Waals surface area contributed by atoms with Crippen LogP contribution in [0.4, 0.5) is 0 Å². The van der Waals surface area contributed by atoms with E-state index in [-0.39, 0.29) is 6.04 Å². The lowest BCUT2D eigenvalue weighted by Crippen LogP contribution is -2.40. The van der Waals surface area contributed by atoms with Crippen molar-refractivity contribution < 1.29 is 4.74 Å². The van der Waals surface area contributed by atoms with Crippen molar-refractivity contribution in [2.45, 2.75) is 31.2 Å². The molecule has 1 heterocycles. The summed E-state index contributed by atoms with van der Waals surface area (Å²) in [4.78, 5) is 0. The lowest BCUT2D eigenvalue weighted by molar-refractivity contribution is 0.161. The van der Waals surface area contributed by atoms with Gasteiger partial charge in [0.2, 0.25) is 0 Å². The number of ether oxygens (including phenoxy) is 1. The first-order chi connectivity index (χ1) is 8.90. The van der Waals surface area contributed by atoms with E-state index in [1.54, 1.807) is 0 Å². The number of hydrazine groups is 1. The number of nitrogens with one attached hydrogen (secondary N) is 1. The van der Waals surface area contributed by atoms with Crippen LogP contribution in [0, 0.1) is 5.92 Å². The van der Waals surface area contributed by atoms with E-state index in [9.17, 15) is 0 Å². The molecule has 0 saturated heterocycles. The molecular formula is C15H20N2O. The number of benzene rings is 1. The second kappa shape index (κ2) is 5.12. The molecule has 1 aliphatic heterocycles. The Morgan fingerprint density at radius 3 is 2.78 bits per heavy atom. The van der Waals surface area contributed by atoms with E-state index in [1.807, 2.05) is 0 Å². The number of allylic oxidation sites excluding steroid dienone is 1. The maximum absolute atomic E-state index is 5.74. The summed E-state index contributed by atoms with van der Waals surface area (Å²) < 4.78 is 5.74. The van der Waals surface area contributed by atoms with E-state index in [0.29, 0.717) is 11.8 Å². The van der Waals surface area contributed by atoms with Crippen LogP contribution in [-0.2, 0) is 4.74 Å². The molecule has 3 atom stereocenters. The van der Waals surface area contributed by atoms with Crippen molar-refractivity contribution in [1.29, 1.82) is 0 Å². The first kappa shape index (κ1) is 11.8. The Morgan fingerprint density at radius 1 is 1.28 bits per heavy atom. The largest absolute Gasteiger partial charge is 0.497 e. The summed E-state index contributed by atoms with van der Waals surface area (Å²) in [5, 5.41) is 0. The molecule has 3 nitrogen and oxygen atoms in total. The van der Waals surface area contributed by atoms with Gasteiger partial charge in [0.15, 0.2) is 0 Å². The average molecular weight is 244 g/mol. The maximum atomic E-state index is 5.74. The Labute approximate surface area is 108 Å². The molecule has 0 amide bonds. The van der Waals surface area contributed by atoms with Crippen LogP contribution in [0.1, 0.15) is 30.7 Å². The van der Waals surface area contributed by atoms with E-state index in [1.165, 1.54) is 12.0 Å². The predicted molar refractivity (Wildman–Crippen MR) is 71.7 cm³/mol. The van der Waals surface area contributed by atoms with Gasteiger partial charge >= 0.3 is 0 Å². The van der Waals surface area contributed by atoms with Gasteiger partial charge in [-0.1, -0.05) is 30.3 Å². The summed E-state index contributed by atoms with van der Waals surface area (Å²) in [5.41, 5.74) is 4.36. The SMILES string of the molecule is NNC(C1=CCCCO1)C1CC1c1ccccc1. The van der Waals surface area contributed by atoms with Crippen LogP contribution >= 0.6 is 0 Å². The number of rotatable bonds is 4. The van der Waals surface area contributed by atoms with Crippen LogP contribution in [0.15, 0.2) is 42.2 Å². The third-order valence-electron chi connectivity index (χ3n) is 3.94. The molecule has 1 aromatic rings. The van der Waals surface area contributed by atoms with E-state index >= 15 is 0 Å². The highest BCUT2D eigenvalue weighted by molar-refractivity contribution is 5.29. The summed E-state index contributed by atoms with van der Waals surface area (Å²) in [7, 11) is 0. The Balaban J connectivity index is 1.70. The van der Waals surface area contributed by atoms with Gasteiger partial charge in [-0.05, 0) is 42.7 Å². The zero-order valence-electron chi connectivity index (χ0n) is 10.5. The highest BCUT2D eigenvalue weighted by Crippen LogP contribution is 2.50. The lowest BCUT2D eigenvalue weighted by Gasteiger charge is -2.23. The Bertz CT molecular complexity index is 429. The molecule has 1 aliphatic carbocycles. The number of hydrogen-bond donors (Lipinski definition) is 2. The molecule has 3 rings (SSSR count). The molecule has 1 fully saturated rings. The molecule has 0 bridgehead atoms. The number of hydrogen-bond acceptors (Lipinski definition) is 3. The standard InChI is InChI=1S/C15H20N2O/c16-17-15(14-8-4-5-9-18-14)13-10-12(13)11-6-2-1-3-7-11/h1-3,6-8,12-13,15,17H,4-5,9-10,16H2. The molecule has 3 unspecified atom stereocenters. The van der Waals surface area contributed by atoms with Crippen molar-refractivity contribution in [3.05, 3.63) is 47.7 Å². The van der Waals surface area contributed by atoms with E-state index in [0.717, 1.165) is 25.2 Å². The maximum Gasteiger partial charge on any atom is 0.111 e. The minimum absolute atomic E-state index is 0.176. The van der Waals surface area contributed by atoms with Gasteiger partial charge in [0.25, 0.3) is 0 Å². The monoisotopic (exact) mass is 244 g/mol. The van der Waals surface area contributed by atoms with Crippen molar-refractivity contribution in [3.8, 4) is 0 Å². The van der Waals surface area contributed by atoms with Crippen molar-refractivity contribution in [1.82, 2.24) is 5.43 Å². The van der Waals surface area contributed by atoms with Gasteiger partial charge in [-0.25, -0.2) is 5.43 Å². The molecule has 0 spiro atoms. The predicted octanol–water partition coefficient (Wildman–Crippen LogP) is 2.32. The Kier molecular flexibility index (Phi) is 3.35. The van der Waals surface area contributed by atoms with Crippen LogP contribution in [0.25, 0.3) is 0 Å². The normalized spacial score (nSPS) is 28.2. The highest BCUT2D eigenvalue weighted by Gasteiger charge is 2.45. The first-order valence-electron chi connectivity index (χ1n) is 6.74. The molecule has 1 saturated carbocycles. The van der Waals surface area contributed by atoms with Gasteiger partial charge in [0.1, 0.15) is 5.76 Å². The zero-order valence-corrected chi connectivity index (χ0v) is 10.5. The average Bonchev–Trinajstić information content (AvgIpc) is 3.22. The summed E-state index contributed by atoms with van der Waals surface area (Å²) >= 11 is 0. The molecule has 0 aromatic heterocycles. The zero-order chi connectivity index (χ0) is 12.4. The van der Waals surface area contributed by atoms with Gasteiger partial charge in [-0.15, -0.1) is 0 Å². The second-order valence-electron chi connectivity index (χ2n) is 5.16. The second-order valence-corrected chi connectivity index (χ2v) is 5.16. The van der Waals surface area contributed by atoms with Crippen molar-refractivity contribution in [3.63, 3.8) is 0 Å². The summed E-state index contributed by atoms with van der Waals surface area (Å²) in [6, 6.07) is 10.8. The van der Waals surface area contributed by atoms with Gasteiger partial charge < -0.3 is 4.74 Å². The summed E-state index contributed by atoms with van der Waals surface area (Å²) in [5.74, 6) is 7.96. The van der Waals surface area contributed by atoms with Crippen molar-refractivity contribution in [2.75, 3.05) is 6.61 Å². The Morgan fingerprint density at radius 2 is 2.11 bits per heavy atom. The molecule has 3 N–H and O–H groups in total. The van der Waals surface area contributed by atoms with Gasteiger partial charge in [-0.3, -0.25) is 5.84 Å². The summed E-state index contributed by atoms with van der Waals surface area (Å²) in [6.45, 7) is 0.826. The number of nitrogens with two attached hydrogens (primary N) is 1. The van der Waals surface area contributed by atoms with Crippen LogP contribution in [0.2, 0.25) is 0 Å². The topological polar surface area (TPSA) is 47.3 Å². The lowest BCUT2D eigenvalue weighted by atomic mass is 10.0. The Hall–Kier alpha value is -1.32. The van der Waals surface area contributed by atoms with Crippen LogP contribution in [0.5, 0.6) is 0 Å². The molecule has 1 aromatic carbocycles. The smallest absolute Gasteiger partial charge is 0.111 e. The van der Waals surface area contributed by atoms with Crippen molar-refractivity contribution >= 4 is 0 Å². The van der Waals surface area contributed by atoms with Gasteiger partial charge in [-0.2, -0.15) is 0 Å². The molecule has 18 heavy (non-hydrogen) atoms. The van der Waals surface area contributed by atoms with Crippen molar-refractivity contribution in [2.24, 2.45) is 11.8 Å². The molecular weight excluding hydrogens is 224 g/mol. The van der Waals surface area contributed by atoms with E-state index in [2.05, 4.69) is 41.8 Å².